The highest BCUT2D eigenvalue weighted by Gasteiger charge is 2.40. The Kier molecular flexibility index (Phi) is 5.91. The zero-order valence-corrected chi connectivity index (χ0v) is 16.4. The average Bonchev–Trinajstić information content (AvgIpc) is 3.24. The molecule has 1 aliphatic carbocycles. The zero-order valence-electron chi connectivity index (χ0n) is 15.5. The van der Waals surface area contributed by atoms with Crippen LogP contribution in [-0.4, -0.2) is 49.3 Å². The Hall–Kier alpha value is -2.57. The van der Waals surface area contributed by atoms with Crippen LogP contribution in [0.5, 0.6) is 0 Å². The second-order valence-corrected chi connectivity index (χ2v) is 6.99. The number of likely N-dealkylation sites (tertiary alicyclic amines) is 1. The van der Waals surface area contributed by atoms with E-state index in [2.05, 4.69) is 24.3 Å². The monoisotopic (exact) mass is 402 g/mol. The van der Waals surface area contributed by atoms with Gasteiger partial charge in [0.1, 0.15) is 12.6 Å². The van der Waals surface area contributed by atoms with Crippen molar-refractivity contribution in [1.29, 1.82) is 0 Å². The van der Waals surface area contributed by atoms with Crippen LogP contribution in [-0.2, 0) is 14.3 Å². The standard InChI is InChI=1S/C21H22N2O4.ClH/c1-26-20(24)19-10-13(22)11-23(19)21(25)27-12-18-16-8-4-2-6-14(16)15-7-3-5-9-17(15)18;/h2-9,13,18-19H,10-12,22H2,1H3;1H. The molecule has 6 nitrogen and oxygen atoms in total. The van der Waals surface area contributed by atoms with Crippen LogP contribution < -0.4 is 5.73 Å². The van der Waals surface area contributed by atoms with Crippen molar-refractivity contribution in [2.45, 2.75) is 24.4 Å². The van der Waals surface area contributed by atoms with Gasteiger partial charge in [0.15, 0.2) is 0 Å². The molecule has 2 aromatic rings. The summed E-state index contributed by atoms with van der Waals surface area (Å²) in [5, 5.41) is 0. The number of carbonyl (C=O) groups excluding carboxylic acids is 2. The van der Waals surface area contributed by atoms with Gasteiger partial charge in [-0.05, 0) is 28.7 Å². The normalized spacial score (nSPS) is 20.1. The maximum absolute atomic E-state index is 12.6. The minimum absolute atomic E-state index is 0. The number of nitrogens with zero attached hydrogens (tertiary/aromatic N) is 1. The van der Waals surface area contributed by atoms with Gasteiger partial charge in [0.2, 0.25) is 0 Å². The van der Waals surface area contributed by atoms with Gasteiger partial charge >= 0.3 is 12.1 Å². The molecule has 0 aromatic heterocycles. The molecule has 1 amide bonds. The number of nitrogens with two attached hydrogens (primary N) is 1. The maximum atomic E-state index is 12.6. The number of fused-ring (bicyclic) bond motifs is 3. The molecule has 0 bridgehead atoms. The van der Waals surface area contributed by atoms with E-state index in [1.807, 2.05) is 24.3 Å². The lowest BCUT2D eigenvalue weighted by Gasteiger charge is -2.23. The molecule has 1 heterocycles. The van der Waals surface area contributed by atoms with Crippen molar-refractivity contribution in [3.8, 4) is 11.1 Å². The summed E-state index contributed by atoms with van der Waals surface area (Å²) in [6.45, 7) is 0.503. The lowest BCUT2D eigenvalue weighted by Crippen LogP contribution is -2.42. The van der Waals surface area contributed by atoms with Crippen LogP contribution in [0.3, 0.4) is 0 Å². The Balaban J connectivity index is 0.00000225. The summed E-state index contributed by atoms with van der Waals surface area (Å²) in [7, 11) is 1.31. The van der Waals surface area contributed by atoms with E-state index in [-0.39, 0.29) is 37.5 Å². The second kappa shape index (κ2) is 8.20. The molecular formula is C21H23ClN2O4. The Morgan fingerprint density at radius 2 is 1.64 bits per heavy atom. The molecule has 4 rings (SSSR count). The van der Waals surface area contributed by atoms with Gasteiger partial charge in [-0.3, -0.25) is 4.90 Å². The molecule has 2 unspecified atom stereocenters. The van der Waals surface area contributed by atoms with E-state index in [1.54, 1.807) is 0 Å². The fourth-order valence-electron chi connectivity index (χ4n) is 4.11. The molecular weight excluding hydrogens is 380 g/mol. The molecule has 2 aromatic carbocycles. The SMILES string of the molecule is COC(=O)C1CC(N)CN1C(=O)OCC1c2ccccc2-c2ccccc21.Cl. The van der Waals surface area contributed by atoms with Crippen molar-refractivity contribution in [2.24, 2.45) is 5.73 Å². The molecule has 1 saturated heterocycles. The number of halogens is 1. The van der Waals surface area contributed by atoms with Crippen molar-refractivity contribution in [1.82, 2.24) is 4.90 Å². The van der Waals surface area contributed by atoms with E-state index in [0.717, 1.165) is 11.1 Å². The largest absolute Gasteiger partial charge is 0.467 e. The van der Waals surface area contributed by atoms with E-state index >= 15 is 0 Å². The fourth-order valence-corrected chi connectivity index (χ4v) is 4.11. The first-order valence-electron chi connectivity index (χ1n) is 9.05. The van der Waals surface area contributed by atoms with Gasteiger partial charge in [0, 0.05) is 18.5 Å². The van der Waals surface area contributed by atoms with Crippen LogP contribution in [0.25, 0.3) is 11.1 Å². The third kappa shape index (κ3) is 3.45. The number of amides is 1. The molecule has 2 N–H and O–H groups in total. The number of carbonyl (C=O) groups is 2. The van der Waals surface area contributed by atoms with Gasteiger partial charge in [0.25, 0.3) is 0 Å². The molecule has 1 aliphatic heterocycles. The Morgan fingerprint density at radius 1 is 1.07 bits per heavy atom. The van der Waals surface area contributed by atoms with Gasteiger partial charge in [-0.1, -0.05) is 48.5 Å². The van der Waals surface area contributed by atoms with Crippen molar-refractivity contribution in [2.75, 3.05) is 20.3 Å². The minimum atomic E-state index is -0.680. The van der Waals surface area contributed by atoms with E-state index in [9.17, 15) is 9.59 Å². The Bertz CT molecular complexity index is 843. The highest BCUT2D eigenvalue weighted by molar-refractivity contribution is 5.85. The highest BCUT2D eigenvalue weighted by atomic mass is 35.5. The van der Waals surface area contributed by atoms with E-state index < -0.39 is 18.1 Å². The van der Waals surface area contributed by atoms with Crippen LogP contribution in [0, 0.1) is 0 Å². The number of rotatable bonds is 3. The number of methoxy groups -OCH3 is 1. The first-order valence-corrected chi connectivity index (χ1v) is 9.05. The maximum Gasteiger partial charge on any atom is 0.410 e. The van der Waals surface area contributed by atoms with Gasteiger partial charge in [-0.2, -0.15) is 0 Å². The van der Waals surface area contributed by atoms with Crippen LogP contribution in [0.15, 0.2) is 48.5 Å². The molecule has 148 valence electrons. The fraction of sp³-hybridized carbons (Fsp3) is 0.333. The van der Waals surface area contributed by atoms with Gasteiger partial charge in [0.05, 0.1) is 7.11 Å². The second-order valence-electron chi connectivity index (χ2n) is 6.99. The van der Waals surface area contributed by atoms with Crippen LogP contribution in [0.2, 0.25) is 0 Å². The molecule has 1 fully saturated rings. The van der Waals surface area contributed by atoms with Crippen molar-refractivity contribution in [3.05, 3.63) is 59.7 Å². The van der Waals surface area contributed by atoms with Gasteiger partial charge in [-0.15, -0.1) is 12.4 Å². The molecule has 2 atom stereocenters. The summed E-state index contributed by atoms with van der Waals surface area (Å²) < 4.78 is 10.4. The molecule has 0 radical (unpaired) electrons. The number of hydrogen-bond acceptors (Lipinski definition) is 5. The number of hydrogen-bond donors (Lipinski definition) is 1. The summed E-state index contributed by atoms with van der Waals surface area (Å²) in [6.07, 6.45) is -0.142. The van der Waals surface area contributed by atoms with Crippen LogP contribution in [0.1, 0.15) is 23.5 Å². The Labute approximate surface area is 170 Å². The average molecular weight is 403 g/mol. The number of esters is 1. The third-order valence-electron chi connectivity index (χ3n) is 5.38. The van der Waals surface area contributed by atoms with Gasteiger partial charge in [-0.25, -0.2) is 9.59 Å². The molecule has 2 aliphatic rings. The van der Waals surface area contributed by atoms with Crippen LogP contribution in [0.4, 0.5) is 4.79 Å². The Morgan fingerprint density at radius 3 is 2.21 bits per heavy atom. The minimum Gasteiger partial charge on any atom is -0.467 e. The van der Waals surface area contributed by atoms with Crippen molar-refractivity contribution < 1.29 is 19.1 Å². The van der Waals surface area contributed by atoms with Gasteiger partial charge < -0.3 is 15.2 Å². The summed E-state index contributed by atoms with van der Waals surface area (Å²) in [5.74, 6) is -0.481. The summed E-state index contributed by atoms with van der Waals surface area (Å²) in [4.78, 5) is 26.0. The summed E-state index contributed by atoms with van der Waals surface area (Å²) >= 11 is 0. The van der Waals surface area contributed by atoms with E-state index in [0.29, 0.717) is 6.42 Å². The predicted molar refractivity (Wildman–Crippen MR) is 107 cm³/mol. The first kappa shape index (κ1) is 20.2. The van der Waals surface area contributed by atoms with Crippen molar-refractivity contribution >= 4 is 24.5 Å². The molecule has 7 heteroatoms. The van der Waals surface area contributed by atoms with Crippen LogP contribution >= 0.6 is 12.4 Å². The molecule has 0 saturated carbocycles. The highest BCUT2D eigenvalue weighted by Crippen LogP contribution is 2.44. The number of benzene rings is 2. The molecule has 0 spiro atoms. The molecule has 28 heavy (non-hydrogen) atoms. The zero-order chi connectivity index (χ0) is 19.0. The first-order chi connectivity index (χ1) is 13.1. The summed E-state index contributed by atoms with van der Waals surface area (Å²) in [6, 6.07) is 15.4. The van der Waals surface area contributed by atoms with E-state index in [4.69, 9.17) is 15.2 Å². The lowest BCUT2D eigenvalue weighted by molar-refractivity contribution is -0.145. The topological polar surface area (TPSA) is 81.9 Å². The number of ether oxygens (including phenoxy) is 2. The van der Waals surface area contributed by atoms with Crippen molar-refractivity contribution in [3.63, 3.8) is 0 Å². The summed E-state index contributed by atoms with van der Waals surface area (Å²) in [5.41, 5.74) is 10.6. The lowest BCUT2D eigenvalue weighted by atomic mass is 9.98. The predicted octanol–water partition coefficient (Wildman–Crippen LogP) is 2.93. The van der Waals surface area contributed by atoms with E-state index in [1.165, 1.54) is 23.1 Å². The quantitative estimate of drug-likeness (QED) is 0.798. The smallest absolute Gasteiger partial charge is 0.410 e. The third-order valence-corrected chi connectivity index (χ3v) is 5.38.